The summed E-state index contributed by atoms with van der Waals surface area (Å²) < 4.78 is 14.0. The average Bonchev–Trinajstić information content (AvgIpc) is 3.42. The van der Waals surface area contributed by atoms with E-state index in [2.05, 4.69) is 25.0 Å². The number of nitrogens with zero attached hydrogens (tertiary/aromatic N) is 4. The topological polar surface area (TPSA) is 34.1 Å². The Morgan fingerprint density at radius 3 is 2.58 bits per heavy atom. The van der Waals surface area contributed by atoms with Crippen LogP contribution in [-0.2, 0) is 0 Å². The van der Waals surface area contributed by atoms with Crippen molar-refractivity contribution in [1.29, 1.82) is 0 Å². The van der Waals surface area contributed by atoms with Crippen LogP contribution >= 0.6 is 0 Å². The Morgan fingerprint density at radius 2 is 1.88 bits per heavy atom. The highest BCUT2D eigenvalue weighted by Gasteiger charge is 2.34. The lowest BCUT2D eigenvalue weighted by Gasteiger charge is -2.38. The molecule has 1 unspecified atom stereocenters. The van der Waals surface area contributed by atoms with Gasteiger partial charge in [0.1, 0.15) is 5.82 Å². The van der Waals surface area contributed by atoms with Crippen molar-refractivity contribution in [2.45, 2.75) is 25.3 Å². The summed E-state index contributed by atoms with van der Waals surface area (Å²) in [5, 5.41) is 3.58. The second-order valence-electron chi connectivity index (χ2n) is 7.73. The third kappa shape index (κ3) is 3.95. The molecule has 2 heterocycles. The molecule has 0 radical (unpaired) electrons. The molecule has 0 spiro atoms. The summed E-state index contributed by atoms with van der Waals surface area (Å²) >= 11 is 0. The van der Waals surface area contributed by atoms with Crippen molar-refractivity contribution in [3.8, 4) is 0 Å². The first-order valence-electron chi connectivity index (χ1n) is 9.93. The van der Waals surface area contributed by atoms with Crippen LogP contribution in [0.2, 0.25) is 0 Å². The molecule has 1 N–H and O–H groups in total. The number of rotatable bonds is 4. The van der Waals surface area contributed by atoms with Gasteiger partial charge in [-0.25, -0.2) is 4.39 Å². The highest BCUT2D eigenvalue weighted by Crippen LogP contribution is 2.31. The molecular weight excluding hydrogens is 329 g/mol. The summed E-state index contributed by atoms with van der Waals surface area (Å²) in [6.07, 6.45) is 4.09. The minimum Gasteiger partial charge on any atom is -0.366 e. The van der Waals surface area contributed by atoms with Crippen LogP contribution in [0.1, 0.15) is 19.3 Å². The van der Waals surface area contributed by atoms with Crippen LogP contribution in [0.4, 0.5) is 10.1 Å². The van der Waals surface area contributed by atoms with E-state index >= 15 is 0 Å². The highest BCUT2D eigenvalue weighted by molar-refractivity contribution is 5.80. The van der Waals surface area contributed by atoms with E-state index in [4.69, 9.17) is 0 Å². The predicted molar refractivity (Wildman–Crippen MR) is 104 cm³/mol. The Hall–Kier alpha value is -1.82. The molecule has 1 aliphatic carbocycles. The Kier molecular flexibility index (Phi) is 5.29. The Morgan fingerprint density at radius 1 is 1.12 bits per heavy atom. The number of anilines is 1. The van der Waals surface area contributed by atoms with Crippen molar-refractivity contribution < 1.29 is 4.39 Å². The van der Waals surface area contributed by atoms with Crippen LogP contribution in [0, 0.1) is 11.7 Å². The van der Waals surface area contributed by atoms with E-state index in [1.165, 1.54) is 38.4 Å². The highest BCUT2D eigenvalue weighted by atomic mass is 19.1. The van der Waals surface area contributed by atoms with Gasteiger partial charge in [-0.15, -0.1) is 0 Å². The minimum absolute atomic E-state index is 0.134. The number of guanidine groups is 1. The summed E-state index contributed by atoms with van der Waals surface area (Å²) in [4.78, 5) is 11.6. The van der Waals surface area contributed by atoms with Crippen molar-refractivity contribution in [1.82, 2.24) is 15.1 Å². The molecule has 6 heteroatoms. The first-order valence-corrected chi connectivity index (χ1v) is 9.93. The van der Waals surface area contributed by atoms with Gasteiger partial charge in [0, 0.05) is 52.4 Å². The Bertz CT molecular complexity index is 637. The van der Waals surface area contributed by atoms with Gasteiger partial charge < -0.3 is 20.0 Å². The number of piperazine rings is 1. The summed E-state index contributed by atoms with van der Waals surface area (Å²) in [7, 11) is 1.86. The Balaban J connectivity index is 1.25. The van der Waals surface area contributed by atoms with Crippen molar-refractivity contribution in [3.63, 3.8) is 0 Å². The van der Waals surface area contributed by atoms with E-state index in [0.717, 1.165) is 50.6 Å². The van der Waals surface area contributed by atoms with E-state index in [-0.39, 0.29) is 5.82 Å². The molecule has 4 rings (SSSR count). The zero-order valence-corrected chi connectivity index (χ0v) is 15.7. The first kappa shape index (κ1) is 17.6. The lowest BCUT2D eigenvalue weighted by atomic mass is 10.1. The lowest BCUT2D eigenvalue weighted by molar-refractivity contribution is 0.312. The van der Waals surface area contributed by atoms with Gasteiger partial charge in [-0.3, -0.25) is 4.99 Å². The molecule has 26 heavy (non-hydrogen) atoms. The van der Waals surface area contributed by atoms with Crippen LogP contribution in [-0.4, -0.2) is 74.7 Å². The molecule has 1 saturated carbocycles. The molecule has 0 aromatic heterocycles. The van der Waals surface area contributed by atoms with E-state index < -0.39 is 0 Å². The number of aliphatic imine (C=N–C) groups is 1. The van der Waals surface area contributed by atoms with Crippen LogP contribution in [0.15, 0.2) is 29.3 Å². The van der Waals surface area contributed by atoms with Gasteiger partial charge in [-0.2, -0.15) is 0 Å². The number of hydrogen-bond acceptors (Lipinski definition) is 3. The SMILES string of the molecule is CN=C(NCC1CCN(C2CC2)C1)N1CCN(c2ccccc2F)CC1. The van der Waals surface area contributed by atoms with Crippen molar-refractivity contribution in [2.24, 2.45) is 10.9 Å². The fourth-order valence-electron chi connectivity index (χ4n) is 4.24. The second kappa shape index (κ2) is 7.82. The average molecular weight is 359 g/mol. The monoisotopic (exact) mass is 359 g/mol. The maximum Gasteiger partial charge on any atom is 0.193 e. The molecule has 3 aliphatic rings. The van der Waals surface area contributed by atoms with Crippen LogP contribution in [0.5, 0.6) is 0 Å². The molecular formula is C20H30FN5. The van der Waals surface area contributed by atoms with Gasteiger partial charge >= 0.3 is 0 Å². The molecule has 3 fully saturated rings. The first-order chi connectivity index (χ1) is 12.7. The van der Waals surface area contributed by atoms with Gasteiger partial charge in [0.05, 0.1) is 5.69 Å². The summed E-state index contributed by atoms with van der Waals surface area (Å²) in [6, 6.07) is 7.93. The number of nitrogens with one attached hydrogen (secondary N) is 1. The van der Waals surface area contributed by atoms with Crippen molar-refractivity contribution in [3.05, 3.63) is 30.1 Å². The minimum atomic E-state index is -0.134. The number of likely N-dealkylation sites (tertiary alicyclic amines) is 1. The second-order valence-corrected chi connectivity index (χ2v) is 7.73. The molecule has 142 valence electrons. The van der Waals surface area contributed by atoms with E-state index in [9.17, 15) is 4.39 Å². The number of benzene rings is 1. The predicted octanol–water partition coefficient (Wildman–Crippen LogP) is 2.01. The lowest BCUT2D eigenvalue weighted by Crippen LogP contribution is -2.53. The van der Waals surface area contributed by atoms with E-state index in [0.29, 0.717) is 5.69 Å². The Labute approximate surface area is 155 Å². The quantitative estimate of drug-likeness (QED) is 0.659. The maximum atomic E-state index is 14.0. The third-order valence-corrected chi connectivity index (χ3v) is 5.91. The summed E-state index contributed by atoms with van der Waals surface area (Å²) in [5.74, 6) is 1.58. The maximum absolute atomic E-state index is 14.0. The van der Waals surface area contributed by atoms with Crippen LogP contribution < -0.4 is 10.2 Å². The molecule has 0 bridgehead atoms. The van der Waals surface area contributed by atoms with Gasteiger partial charge in [0.25, 0.3) is 0 Å². The van der Waals surface area contributed by atoms with Gasteiger partial charge in [-0.05, 0) is 43.9 Å². The molecule has 1 aromatic rings. The van der Waals surface area contributed by atoms with E-state index in [1.54, 1.807) is 6.07 Å². The molecule has 1 atom stereocenters. The number of hydrogen-bond donors (Lipinski definition) is 1. The van der Waals surface area contributed by atoms with Gasteiger partial charge in [0.2, 0.25) is 0 Å². The van der Waals surface area contributed by atoms with Gasteiger partial charge in [-0.1, -0.05) is 12.1 Å². The smallest absolute Gasteiger partial charge is 0.193 e. The normalized spacial score (nSPS) is 25.0. The summed E-state index contributed by atoms with van der Waals surface area (Å²) in [6.45, 7) is 6.87. The van der Waals surface area contributed by atoms with Crippen LogP contribution in [0.25, 0.3) is 0 Å². The number of para-hydroxylation sites is 1. The van der Waals surface area contributed by atoms with Crippen molar-refractivity contribution in [2.75, 3.05) is 57.8 Å². The van der Waals surface area contributed by atoms with Crippen molar-refractivity contribution >= 4 is 11.6 Å². The number of halogens is 1. The molecule has 2 aliphatic heterocycles. The zero-order chi connectivity index (χ0) is 17.9. The third-order valence-electron chi connectivity index (χ3n) is 5.91. The molecule has 2 saturated heterocycles. The van der Waals surface area contributed by atoms with E-state index in [1.807, 2.05) is 19.2 Å². The molecule has 1 aromatic carbocycles. The largest absolute Gasteiger partial charge is 0.366 e. The van der Waals surface area contributed by atoms with Gasteiger partial charge in [0.15, 0.2) is 5.96 Å². The summed E-state index contributed by atoms with van der Waals surface area (Å²) in [5.41, 5.74) is 0.709. The van der Waals surface area contributed by atoms with Crippen LogP contribution in [0.3, 0.4) is 0 Å². The zero-order valence-electron chi connectivity index (χ0n) is 15.7. The molecule has 0 amide bonds. The fourth-order valence-corrected chi connectivity index (χ4v) is 4.24. The standard InChI is InChI=1S/C20H30FN5/c1-22-20(23-14-16-8-9-26(15-16)17-6-7-17)25-12-10-24(11-13-25)19-5-3-2-4-18(19)21/h2-5,16-17H,6-15H2,1H3,(H,22,23). The molecule has 5 nitrogen and oxygen atoms in total. The fraction of sp³-hybridized carbons (Fsp3) is 0.650.